The van der Waals surface area contributed by atoms with E-state index in [1.807, 2.05) is 0 Å². The summed E-state index contributed by atoms with van der Waals surface area (Å²) in [5, 5.41) is 3.64. The number of anilines is 1. The number of halogens is 5. The molecule has 1 nitrogen and oxygen atoms in total. The molecule has 0 saturated carbocycles. The lowest BCUT2D eigenvalue weighted by Crippen LogP contribution is -2.11. The lowest BCUT2D eigenvalue weighted by atomic mass is 10.1. The molecule has 0 spiro atoms. The van der Waals surface area contributed by atoms with Gasteiger partial charge in [-0.05, 0) is 29.8 Å². The number of benzene rings is 2. The van der Waals surface area contributed by atoms with Gasteiger partial charge in [0.2, 0.25) is 0 Å². The van der Waals surface area contributed by atoms with E-state index in [9.17, 15) is 13.2 Å². The van der Waals surface area contributed by atoms with Gasteiger partial charge < -0.3 is 5.32 Å². The van der Waals surface area contributed by atoms with Gasteiger partial charge in [-0.25, -0.2) is 0 Å². The number of nitrogens with one attached hydrogen (secondary N) is 1. The van der Waals surface area contributed by atoms with Crippen LogP contribution in [0.4, 0.5) is 18.9 Å². The van der Waals surface area contributed by atoms with E-state index in [1.165, 1.54) is 12.1 Å². The Balaban J connectivity index is 2.17. The summed E-state index contributed by atoms with van der Waals surface area (Å²) in [6, 6.07) is 10.2. The number of hydrogen-bond donors (Lipinski definition) is 1. The minimum atomic E-state index is -4.37. The van der Waals surface area contributed by atoms with Crippen LogP contribution in [0.3, 0.4) is 0 Å². The molecule has 0 fully saturated rings. The molecule has 0 bridgehead atoms. The van der Waals surface area contributed by atoms with Crippen molar-refractivity contribution in [3.63, 3.8) is 0 Å². The lowest BCUT2D eigenvalue weighted by Gasteiger charge is -2.14. The summed E-state index contributed by atoms with van der Waals surface area (Å²) >= 11 is 11.6. The number of hydrogen-bond acceptors (Lipinski definition) is 1. The number of rotatable bonds is 3. The molecule has 0 amide bonds. The molecule has 6 heteroatoms. The molecule has 0 unspecified atom stereocenters. The second kappa shape index (κ2) is 5.94. The van der Waals surface area contributed by atoms with Crippen molar-refractivity contribution in [3.8, 4) is 0 Å². The average Bonchev–Trinajstić information content (AvgIpc) is 2.39. The summed E-state index contributed by atoms with van der Waals surface area (Å²) in [7, 11) is 0. The predicted octanol–water partition coefficient (Wildman–Crippen LogP) is 5.62. The molecule has 2 aromatic rings. The van der Waals surface area contributed by atoms with Crippen LogP contribution in [0.5, 0.6) is 0 Å². The van der Waals surface area contributed by atoms with Crippen molar-refractivity contribution in [2.75, 3.05) is 5.32 Å². The molecule has 0 aromatic heterocycles. The van der Waals surface area contributed by atoms with Crippen molar-refractivity contribution < 1.29 is 13.2 Å². The molecule has 0 saturated heterocycles. The van der Waals surface area contributed by atoms with E-state index in [0.717, 1.165) is 6.07 Å². The van der Waals surface area contributed by atoms with Crippen molar-refractivity contribution in [1.29, 1.82) is 0 Å². The Labute approximate surface area is 124 Å². The summed E-state index contributed by atoms with van der Waals surface area (Å²) in [6.45, 7) is 0.0493. The standard InChI is InChI=1S/C14H10Cl2F3N/c15-12-6-5-10(7-13(12)16)20-8-9-3-1-2-4-11(9)14(17,18)19/h1-7,20H,8H2. The molecule has 0 aliphatic rings. The van der Waals surface area contributed by atoms with E-state index in [2.05, 4.69) is 5.32 Å². The predicted molar refractivity (Wildman–Crippen MR) is 75.2 cm³/mol. The van der Waals surface area contributed by atoms with E-state index in [4.69, 9.17) is 23.2 Å². The first kappa shape index (κ1) is 15.0. The molecule has 106 valence electrons. The normalized spacial score (nSPS) is 11.4. The Morgan fingerprint density at radius 1 is 0.950 bits per heavy atom. The third-order valence-corrected chi connectivity index (χ3v) is 3.46. The van der Waals surface area contributed by atoms with Gasteiger partial charge in [0, 0.05) is 12.2 Å². The average molecular weight is 320 g/mol. The SMILES string of the molecule is FC(F)(F)c1ccccc1CNc1ccc(Cl)c(Cl)c1. The largest absolute Gasteiger partial charge is 0.416 e. The minimum absolute atomic E-state index is 0.0493. The summed E-state index contributed by atoms with van der Waals surface area (Å²) in [5.74, 6) is 0. The van der Waals surface area contributed by atoms with E-state index < -0.39 is 11.7 Å². The zero-order valence-corrected chi connectivity index (χ0v) is 11.7. The van der Waals surface area contributed by atoms with Crippen LogP contribution in [0.25, 0.3) is 0 Å². The molecule has 0 atom stereocenters. The van der Waals surface area contributed by atoms with Crippen molar-refractivity contribution >= 4 is 28.9 Å². The van der Waals surface area contributed by atoms with Crippen LogP contribution in [0, 0.1) is 0 Å². The Morgan fingerprint density at radius 2 is 1.65 bits per heavy atom. The fourth-order valence-corrected chi connectivity index (χ4v) is 2.05. The summed E-state index contributed by atoms with van der Waals surface area (Å²) < 4.78 is 38.5. The molecule has 0 aliphatic carbocycles. The van der Waals surface area contributed by atoms with E-state index in [0.29, 0.717) is 15.7 Å². The fourth-order valence-electron chi connectivity index (χ4n) is 1.75. The molecule has 20 heavy (non-hydrogen) atoms. The van der Waals surface area contributed by atoms with E-state index in [1.54, 1.807) is 24.3 Å². The van der Waals surface area contributed by atoms with Gasteiger partial charge in [-0.15, -0.1) is 0 Å². The topological polar surface area (TPSA) is 12.0 Å². The highest BCUT2D eigenvalue weighted by Gasteiger charge is 2.32. The second-order valence-corrected chi connectivity index (χ2v) is 4.95. The van der Waals surface area contributed by atoms with Crippen molar-refractivity contribution in [2.24, 2.45) is 0 Å². The highest BCUT2D eigenvalue weighted by molar-refractivity contribution is 6.42. The molecular formula is C14H10Cl2F3N. The molecule has 2 aromatic carbocycles. The zero-order valence-electron chi connectivity index (χ0n) is 10.1. The molecular weight excluding hydrogens is 310 g/mol. The molecule has 0 radical (unpaired) electrons. The van der Waals surface area contributed by atoms with Crippen LogP contribution in [-0.2, 0) is 12.7 Å². The van der Waals surface area contributed by atoms with Crippen molar-refractivity contribution in [2.45, 2.75) is 12.7 Å². The van der Waals surface area contributed by atoms with Gasteiger partial charge in [0.05, 0.1) is 15.6 Å². The fraction of sp³-hybridized carbons (Fsp3) is 0.143. The van der Waals surface area contributed by atoms with Gasteiger partial charge in [0.15, 0.2) is 0 Å². The van der Waals surface area contributed by atoms with Crippen LogP contribution in [0.15, 0.2) is 42.5 Å². The van der Waals surface area contributed by atoms with Gasteiger partial charge in [0.25, 0.3) is 0 Å². The van der Waals surface area contributed by atoms with Crippen LogP contribution in [0.2, 0.25) is 10.0 Å². The molecule has 0 aliphatic heterocycles. The second-order valence-electron chi connectivity index (χ2n) is 4.14. The van der Waals surface area contributed by atoms with E-state index >= 15 is 0 Å². The highest BCUT2D eigenvalue weighted by atomic mass is 35.5. The number of alkyl halides is 3. The minimum Gasteiger partial charge on any atom is -0.381 e. The maximum atomic E-state index is 12.8. The Hall–Kier alpha value is -1.39. The third kappa shape index (κ3) is 3.58. The van der Waals surface area contributed by atoms with Crippen LogP contribution < -0.4 is 5.32 Å². The monoisotopic (exact) mass is 319 g/mol. The first-order valence-corrected chi connectivity index (χ1v) is 6.47. The van der Waals surface area contributed by atoms with Gasteiger partial charge in [-0.3, -0.25) is 0 Å². The zero-order chi connectivity index (χ0) is 14.8. The van der Waals surface area contributed by atoms with Crippen LogP contribution >= 0.6 is 23.2 Å². The van der Waals surface area contributed by atoms with Gasteiger partial charge in [0.1, 0.15) is 0 Å². The first-order chi connectivity index (χ1) is 9.38. The van der Waals surface area contributed by atoms with Crippen LogP contribution in [-0.4, -0.2) is 0 Å². The smallest absolute Gasteiger partial charge is 0.381 e. The van der Waals surface area contributed by atoms with Crippen molar-refractivity contribution in [1.82, 2.24) is 0 Å². The summed E-state index contributed by atoms with van der Waals surface area (Å²) in [6.07, 6.45) is -4.37. The third-order valence-electron chi connectivity index (χ3n) is 2.73. The molecule has 1 N–H and O–H groups in total. The van der Waals surface area contributed by atoms with Crippen LogP contribution in [0.1, 0.15) is 11.1 Å². The summed E-state index contributed by atoms with van der Waals surface area (Å²) in [5.41, 5.74) is 0.134. The Morgan fingerprint density at radius 3 is 2.30 bits per heavy atom. The molecule has 0 heterocycles. The maximum Gasteiger partial charge on any atom is 0.416 e. The Bertz CT molecular complexity index is 612. The lowest BCUT2D eigenvalue weighted by molar-refractivity contribution is -0.138. The summed E-state index contributed by atoms with van der Waals surface area (Å²) in [4.78, 5) is 0. The van der Waals surface area contributed by atoms with E-state index in [-0.39, 0.29) is 12.1 Å². The highest BCUT2D eigenvalue weighted by Crippen LogP contribution is 2.32. The quantitative estimate of drug-likeness (QED) is 0.773. The van der Waals surface area contributed by atoms with Gasteiger partial charge >= 0.3 is 6.18 Å². The first-order valence-electron chi connectivity index (χ1n) is 5.72. The van der Waals surface area contributed by atoms with Crippen molar-refractivity contribution in [3.05, 3.63) is 63.6 Å². The molecule has 2 rings (SSSR count). The maximum absolute atomic E-state index is 12.8. The van der Waals surface area contributed by atoms with Gasteiger partial charge in [-0.1, -0.05) is 41.4 Å². The van der Waals surface area contributed by atoms with Gasteiger partial charge in [-0.2, -0.15) is 13.2 Å². The Kier molecular flexibility index (Phi) is 4.45.